The van der Waals surface area contributed by atoms with Crippen molar-refractivity contribution in [3.05, 3.63) is 0 Å². The summed E-state index contributed by atoms with van der Waals surface area (Å²) in [6.45, 7) is 7.51. The van der Waals surface area contributed by atoms with Crippen LogP contribution in [0.15, 0.2) is 4.99 Å². The van der Waals surface area contributed by atoms with E-state index < -0.39 is 5.41 Å². The summed E-state index contributed by atoms with van der Waals surface area (Å²) in [7, 11) is 0. The van der Waals surface area contributed by atoms with Crippen molar-refractivity contribution in [2.75, 3.05) is 6.54 Å². The van der Waals surface area contributed by atoms with Crippen LogP contribution in [-0.2, 0) is 9.59 Å². The van der Waals surface area contributed by atoms with E-state index in [0.717, 1.165) is 0 Å². The predicted molar refractivity (Wildman–Crippen MR) is 57.5 cm³/mol. The van der Waals surface area contributed by atoms with E-state index in [-0.39, 0.29) is 17.9 Å². The zero-order chi connectivity index (χ0) is 11.6. The molecule has 84 valence electrons. The predicted octanol–water partition coefficient (Wildman–Crippen LogP) is 0.0655. The van der Waals surface area contributed by atoms with Crippen LogP contribution in [-0.4, -0.2) is 30.2 Å². The van der Waals surface area contributed by atoms with Crippen LogP contribution in [0.25, 0.3) is 0 Å². The summed E-state index contributed by atoms with van der Waals surface area (Å²) in [5, 5.41) is 5.71. The maximum absolute atomic E-state index is 11.5. The second-order valence-electron chi connectivity index (χ2n) is 4.48. The van der Waals surface area contributed by atoms with E-state index in [1.807, 2.05) is 13.8 Å². The van der Waals surface area contributed by atoms with Crippen molar-refractivity contribution in [1.29, 1.82) is 0 Å². The second kappa shape index (κ2) is 4.10. The summed E-state index contributed by atoms with van der Waals surface area (Å²) < 4.78 is 0. The molecule has 15 heavy (non-hydrogen) atoms. The summed E-state index contributed by atoms with van der Waals surface area (Å²) in [5.41, 5.74) is -1.04. The third-order valence-corrected chi connectivity index (χ3v) is 2.27. The molecule has 0 spiro atoms. The Bertz CT molecular complexity index is 319. The molecular weight excluding hydrogens is 194 g/mol. The molecule has 1 heterocycles. The van der Waals surface area contributed by atoms with Gasteiger partial charge in [0, 0.05) is 6.04 Å². The number of amidine groups is 1. The van der Waals surface area contributed by atoms with Gasteiger partial charge in [0.25, 0.3) is 5.91 Å². The fourth-order valence-electron chi connectivity index (χ4n) is 1.06. The van der Waals surface area contributed by atoms with Crippen molar-refractivity contribution >= 4 is 17.6 Å². The maximum Gasteiger partial charge on any atom is 0.262 e. The molecule has 0 aromatic heterocycles. The zero-order valence-corrected chi connectivity index (χ0v) is 9.55. The van der Waals surface area contributed by atoms with Crippen LogP contribution in [0.5, 0.6) is 0 Å². The first kappa shape index (κ1) is 11.8. The normalized spacial score (nSPS) is 20.2. The van der Waals surface area contributed by atoms with Crippen molar-refractivity contribution in [2.24, 2.45) is 10.4 Å². The topological polar surface area (TPSA) is 70.6 Å². The lowest BCUT2D eigenvalue weighted by Crippen LogP contribution is -2.52. The van der Waals surface area contributed by atoms with Gasteiger partial charge in [0.15, 0.2) is 0 Å². The molecule has 1 rings (SSSR count). The first-order valence-corrected chi connectivity index (χ1v) is 5.01. The van der Waals surface area contributed by atoms with E-state index in [0.29, 0.717) is 12.4 Å². The number of amides is 2. The Morgan fingerprint density at radius 2 is 2.00 bits per heavy atom. The van der Waals surface area contributed by atoms with Crippen molar-refractivity contribution in [3.63, 3.8) is 0 Å². The fraction of sp³-hybridized carbons (Fsp3) is 0.700. The molecule has 2 amide bonds. The van der Waals surface area contributed by atoms with E-state index in [1.165, 1.54) is 0 Å². The van der Waals surface area contributed by atoms with Gasteiger partial charge in [-0.05, 0) is 13.8 Å². The lowest BCUT2D eigenvalue weighted by molar-refractivity contribution is -0.139. The van der Waals surface area contributed by atoms with Crippen molar-refractivity contribution in [2.45, 2.75) is 33.7 Å². The molecule has 2 N–H and O–H groups in total. The Morgan fingerprint density at radius 1 is 1.40 bits per heavy atom. The molecule has 0 radical (unpaired) electrons. The highest BCUT2D eigenvalue weighted by molar-refractivity contribution is 6.18. The highest BCUT2D eigenvalue weighted by atomic mass is 16.2. The Morgan fingerprint density at radius 3 is 2.47 bits per heavy atom. The first-order chi connectivity index (χ1) is 6.84. The molecule has 0 aliphatic carbocycles. The maximum atomic E-state index is 11.5. The smallest absolute Gasteiger partial charge is 0.262 e. The number of hydrogen-bond acceptors (Lipinski definition) is 3. The standard InChI is InChI=1S/C10H17N3O2/c1-6(2)11-5-7-12-8(14)10(3,4)9(15)13-7/h6,11H,5H2,1-4H3,(H,12,13,14,15). The van der Waals surface area contributed by atoms with Gasteiger partial charge >= 0.3 is 0 Å². The minimum Gasteiger partial charge on any atom is -0.312 e. The number of carbonyl (C=O) groups is 2. The molecule has 5 heteroatoms. The molecule has 0 saturated carbocycles. The zero-order valence-electron chi connectivity index (χ0n) is 9.55. The van der Waals surface area contributed by atoms with Crippen molar-refractivity contribution in [1.82, 2.24) is 10.6 Å². The summed E-state index contributed by atoms with van der Waals surface area (Å²) in [6, 6.07) is 0.287. The van der Waals surface area contributed by atoms with Crippen molar-refractivity contribution in [3.8, 4) is 0 Å². The lowest BCUT2D eigenvalue weighted by Gasteiger charge is -2.25. The molecule has 0 saturated heterocycles. The largest absolute Gasteiger partial charge is 0.312 e. The Balaban J connectivity index is 2.71. The number of nitrogens with zero attached hydrogens (tertiary/aromatic N) is 1. The molecule has 0 aromatic carbocycles. The van der Waals surface area contributed by atoms with Crippen LogP contribution in [0, 0.1) is 5.41 Å². The van der Waals surface area contributed by atoms with Gasteiger partial charge in [-0.25, -0.2) is 0 Å². The van der Waals surface area contributed by atoms with Gasteiger partial charge < -0.3 is 10.6 Å². The summed E-state index contributed by atoms with van der Waals surface area (Å²) in [5.74, 6) is -0.270. The van der Waals surface area contributed by atoms with Crippen LogP contribution in [0.4, 0.5) is 0 Å². The van der Waals surface area contributed by atoms with Gasteiger partial charge in [0.05, 0.1) is 6.54 Å². The highest BCUT2D eigenvalue weighted by Crippen LogP contribution is 2.20. The minimum atomic E-state index is -1.04. The lowest BCUT2D eigenvalue weighted by atomic mass is 9.90. The van der Waals surface area contributed by atoms with Crippen LogP contribution in [0.2, 0.25) is 0 Å². The average molecular weight is 211 g/mol. The van der Waals surface area contributed by atoms with Crippen molar-refractivity contribution < 1.29 is 9.59 Å². The van der Waals surface area contributed by atoms with Crippen LogP contribution < -0.4 is 10.6 Å². The molecular formula is C10H17N3O2. The summed E-state index contributed by atoms with van der Waals surface area (Å²) in [4.78, 5) is 26.9. The molecule has 5 nitrogen and oxygen atoms in total. The van der Waals surface area contributed by atoms with Gasteiger partial charge in [-0.2, -0.15) is 4.99 Å². The van der Waals surface area contributed by atoms with Gasteiger partial charge in [-0.1, -0.05) is 13.8 Å². The molecule has 0 unspecified atom stereocenters. The van der Waals surface area contributed by atoms with E-state index in [4.69, 9.17) is 0 Å². The number of hydrogen-bond donors (Lipinski definition) is 2. The number of carbonyl (C=O) groups excluding carboxylic acids is 2. The van der Waals surface area contributed by atoms with Crippen LogP contribution >= 0.6 is 0 Å². The average Bonchev–Trinajstić information content (AvgIpc) is 2.11. The van der Waals surface area contributed by atoms with Gasteiger partial charge in [-0.15, -0.1) is 0 Å². The Labute approximate surface area is 89.3 Å². The third kappa shape index (κ3) is 2.62. The Kier molecular flexibility index (Phi) is 3.24. The monoisotopic (exact) mass is 211 g/mol. The van der Waals surface area contributed by atoms with E-state index in [9.17, 15) is 9.59 Å². The fourth-order valence-corrected chi connectivity index (χ4v) is 1.06. The molecule has 0 bridgehead atoms. The molecule has 0 atom stereocenters. The second-order valence-corrected chi connectivity index (χ2v) is 4.48. The van der Waals surface area contributed by atoms with E-state index >= 15 is 0 Å². The quantitative estimate of drug-likeness (QED) is 0.649. The summed E-state index contributed by atoms with van der Waals surface area (Å²) >= 11 is 0. The summed E-state index contributed by atoms with van der Waals surface area (Å²) in [6.07, 6.45) is 0. The van der Waals surface area contributed by atoms with E-state index in [2.05, 4.69) is 15.6 Å². The third-order valence-electron chi connectivity index (χ3n) is 2.27. The SMILES string of the molecule is CC(C)NCC1=NC(=O)C(C)(C)C(=O)N1. The molecule has 1 aliphatic heterocycles. The minimum absolute atomic E-state index is 0.287. The Hall–Kier alpha value is -1.23. The molecule has 0 aromatic rings. The van der Waals surface area contributed by atoms with Crippen LogP contribution in [0.3, 0.4) is 0 Å². The van der Waals surface area contributed by atoms with Gasteiger partial charge in [0.1, 0.15) is 11.3 Å². The number of aliphatic imine (C=N–C) groups is 1. The first-order valence-electron chi connectivity index (χ1n) is 5.01. The van der Waals surface area contributed by atoms with Gasteiger partial charge in [0.2, 0.25) is 5.91 Å². The number of nitrogens with one attached hydrogen (secondary N) is 2. The van der Waals surface area contributed by atoms with Gasteiger partial charge in [-0.3, -0.25) is 9.59 Å². The number of rotatable bonds is 3. The molecule has 1 aliphatic rings. The molecule has 0 fully saturated rings. The van der Waals surface area contributed by atoms with E-state index in [1.54, 1.807) is 13.8 Å². The highest BCUT2D eigenvalue weighted by Gasteiger charge is 2.39. The van der Waals surface area contributed by atoms with Crippen LogP contribution in [0.1, 0.15) is 27.7 Å².